The number of para-hydroxylation sites is 2. The third-order valence-corrected chi connectivity index (χ3v) is 5.56. The summed E-state index contributed by atoms with van der Waals surface area (Å²) in [5.41, 5.74) is 4.37. The average molecular weight is 380 g/mol. The number of nitrogens with zero attached hydrogens (tertiary/aromatic N) is 2. The minimum absolute atomic E-state index is 0.0282. The van der Waals surface area contributed by atoms with Crippen LogP contribution in [0.25, 0.3) is 10.9 Å². The van der Waals surface area contributed by atoms with Crippen LogP contribution in [-0.4, -0.2) is 22.8 Å². The van der Waals surface area contributed by atoms with Crippen LogP contribution in [0.5, 0.6) is 0 Å². The number of anilines is 1. The van der Waals surface area contributed by atoms with Crippen LogP contribution in [0.15, 0.2) is 85.1 Å². The maximum atomic E-state index is 13.1. The van der Waals surface area contributed by atoms with Crippen LogP contribution < -0.4 is 4.90 Å². The first-order valence-electron chi connectivity index (χ1n) is 9.78. The van der Waals surface area contributed by atoms with Gasteiger partial charge in [-0.2, -0.15) is 0 Å². The summed E-state index contributed by atoms with van der Waals surface area (Å²) in [5.74, 6) is 0.00827. The highest BCUT2D eigenvalue weighted by atomic mass is 16.2. The lowest BCUT2D eigenvalue weighted by atomic mass is 10.0. The number of fused-ring (bicyclic) bond motifs is 2. The van der Waals surface area contributed by atoms with Crippen molar-refractivity contribution in [3.63, 3.8) is 0 Å². The van der Waals surface area contributed by atoms with Crippen molar-refractivity contribution in [2.75, 3.05) is 11.4 Å². The number of amides is 1. The van der Waals surface area contributed by atoms with E-state index < -0.39 is 0 Å². The lowest BCUT2D eigenvalue weighted by Crippen LogP contribution is -2.32. The molecule has 0 saturated carbocycles. The van der Waals surface area contributed by atoms with Gasteiger partial charge in [0.1, 0.15) is 6.54 Å². The molecule has 0 unspecified atom stereocenters. The van der Waals surface area contributed by atoms with Gasteiger partial charge in [-0.05, 0) is 24.1 Å². The van der Waals surface area contributed by atoms with E-state index in [-0.39, 0.29) is 18.2 Å². The second-order valence-corrected chi connectivity index (χ2v) is 7.31. The second kappa shape index (κ2) is 7.06. The van der Waals surface area contributed by atoms with E-state index in [0.29, 0.717) is 17.7 Å². The molecular formula is C25H20N2O2. The number of hydrogen-bond donors (Lipinski definition) is 0. The fourth-order valence-corrected chi connectivity index (χ4v) is 4.13. The highest BCUT2D eigenvalue weighted by molar-refractivity contribution is 6.16. The van der Waals surface area contributed by atoms with Gasteiger partial charge in [-0.3, -0.25) is 9.59 Å². The molecule has 1 aliphatic heterocycles. The standard InChI is InChI=1S/C25H20N2O2/c28-24(27-15-14-18-8-4-6-12-22(18)27)17-26-16-21(20-11-5-7-13-23(20)26)25(29)19-9-2-1-3-10-19/h1-13,16H,14-15,17H2. The van der Waals surface area contributed by atoms with Crippen molar-refractivity contribution in [3.05, 3.63) is 102 Å². The molecular weight excluding hydrogens is 360 g/mol. The van der Waals surface area contributed by atoms with E-state index in [2.05, 4.69) is 6.07 Å². The van der Waals surface area contributed by atoms with Crippen LogP contribution >= 0.6 is 0 Å². The Bertz CT molecular complexity index is 1220. The summed E-state index contributed by atoms with van der Waals surface area (Å²) in [7, 11) is 0. The highest BCUT2D eigenvalue weighted by Crippen LogP contribution is 2.29. The van der Waals surface area contributed by atoms with E-state index in [1.807, 2.05) is 88.5 Å². The Morgan fingerprint density at radius 2 is 1.55 bits per heavy atom. The molecule has 4 aromatic rings. The van der Waals surface area contributed by atoms with Crippen LogP contribution in [0.4, 0.5) is 5.69 Å². The molecule has 1 aliphatic rings. The van der Waals surface area contributed by atoms with Gasteiger partial charge in [-0.1, -0.05) is 66.7 Å². The van der Waals surface area contributed by atoms with E-state index >= 15 is 0 Å². The number of aromatic nitrogens is 1. The van der Waals surface area contributed by atoms with E-state index in [1.165, 1.54) is 5.56 Å². The normalized spacial score (nSPS) is 12.9. The van der Waals surface area contributed by atoms with Crippen LogP contribution in [0.2, 0.25) is 0 Å². The smallest absolute Gasteiger partial charge is 0.246 e. The lowest BCUT2D eigenvalue weighted by molar-refractivity contribution is -0.119. The fraction of sp³-hybridized carbons (Fsp3) is 0.120. The first-order valence-corrected chi connectivity index (χ1v) is 9.78. The fourth-order valence-electron chi connectivity index (χ4n) is 4.13. The summed E-state index contributed by atoms with van der Waals surface area (Å²) in [5, 5.41) is 0.871. The van der Waals surface area contributed by atoms with Crippen molar-refractivity contribution in [2.24, 2.45) is 0 Å². The molecule has 0 atom stereocenters. The molecule has 3 aromatic carbocycles. The third-order valence-electron chi connectivity index (χ3n) is 5.56. The summed E-state index contributed by atoms with van der Waals surface area (Å²) in [6, 6.07) is 25.1. The molecule has 4 heteroatoms. The van der Waals surface area contributed by atoms with Crippen LogP contribution in [0, 0.1) is 0 Å². The largest absolute Gasteiger partial charge is 0.337 e. The first kappa shape index (κ1) is 17.4. The molecule has 5 rings (SSSR count). The molecule has 142 valence electrons. The van der Waals surface area contributed by atoms with Crippen molar-refractivity contribution in [1.29, 1.82) is 0 Å². The Hall–Kier alpha value is -3.66. The summed E-state index contributed by atoms with van der Waals surface area (Å²) in [6.45, 7) is 0.907. The van der Waals surface area contributed by atoms with Crippen LogP contribution in [-0.2, 0) is 17.8 Å². The number of carbonyl (C=O) groups excluding carboxylic acids is 2. The van der Waals surface area contributed by atoms with Gasteiger partial charge in [0.2, 0.25) is 5.91 Å². The predicted octanol–water partition coefficient (Wildman–Crippen LogP) is 4.46. The number of carbonyl (C=O) groups is 2. The molecule has 0 saturated heterocycles. The molecule has 1 aromatic heterocycles. The van der Waals surface area contributed by atoms with Crippen LogP contribution in [0.3, 0.4) is 0 Å². The zero-order chi connectivity index (χ0) is 19.8. The molecule has 2 heterocycles. The average Bonchev–Trinajstić information content (AvgIpc) is 3.36. The maximum absolute atomic E-state index is 13.1. The van der Waals surface area contributed by atoms with Gasteiger partial charge in [0.15, 0.2) is 5.78 Å². The maximum Gasteiger partial charge on any atom is 0.246 e. The van der Waals surface area contributed by atoms with Gasteiger partial charge < -0.3 is 9.47 Å². The number of benzene rings is 3. The van der Waals surface area contributed by atoms with E-state index in [0.717, 1.165) is 23.0 Å². The minimum atomic E-state index is -0.0282. The second-order valence-electron chi connectivity index (χ2n) is 7.31. The summed E-state index contributed by atoms with van der Waals surface area (Å²) >= 11 is 0. The van der Waals surface area contributed by atoms with Crippen molar-refractivity contribution in [2.45, 2.75) is 13.0 Å². The zero-order valence-corrected chi connectivity index (χ0v) is 15.9. The van der Waals surface area contributed by atoms with Gasteiger partial charge in [0.05, 0.1) is 0 Å². The Labute approximate surface area is 169 Å². The van der Waals surface area contributed by atoms with Gasteiger partial charge >= 0.3 is 0 Å². The molecule has 0 fully saturated rings. The third kappa shape index (κ3) is 3.03. The lowest BCUT2D eigenvalue weighted by Gasteiger charge is -2.18. The Kier molecular flexibility index (Phi) is 4.24. The molecule has 0 N–H and O–H groups in total. The molecule has 0 bridgehead atoms. The molecule has 0 radical (unpaired) electrons. The van der Waals surface area contributed by atoms with Crippen molar-refractivity contribution in [3.8, 4) is 0 Å². The van der Waals surface area contributed by atoms with E-state index in [1.54, 1.807) is 0 Å². The van der Waals surface area contributed by atoms with Crippen molar-refractivity contribution in [1.82, 2.24) is 4.57 Å². The molecule has 0 aliphatic carbocycles. The Balaban J connectivity index is 1.50. The molecule has 4 nitrogen and oxygen atoms in total. The van der Waals surface area contributed by atoms with Crippen LogP contribution in [0.1, 0.15) is 21.5 Å². The first-order chi connectivity index (χ1) is 14.2. The topological polar surface area (TPSA) is 42.3 Å². The van der Waals surface area contributed by atoms with Gasteiger partial charge in [0, 0.05) is 40.5 Å². The van der Waals surface area contributed by atoms with Gasteiger partial charge in [-0.25, -0.2) is 0 Å². The quantitative estimate of drug-likeness (QED) is 0.491. The predicted molar refractivity (Wildman–Crippen MR) is 114 cm³/mol. The van der Waals surface area contributed by atoms with Gasteiger partial charge in [-0.15, -0.1) is 0 Å². The summed E-state index contributed by atoms with van der Waals surface area (Å²) in [4.78, 5) is 28.0. The Morgan fingerprint density at radius 3 is 2.41 bits per heavy atom. The Morgan fingerprint density at radius 1 is 0.828 bits per heavy atom. The number of hydrogen-bond acceptors (Lipinski definition) is 2. The molecule has 29 heavy (non-hydrogen) atoms. The van der Waals surface area contributed by atoms with E-state index in [9.17, 15) is 9.59 Å². The zero-order valence-electron chi connectivity index (χ0n) is 15.9. The summed E-state index contributed by atoms with van der Waals surface area (Å²) < 4.78 is 1.90. The highest BCUT2D eigenvalue weighted by Gasteiger charge is 2.25. The van der Waals surface area contributed by atoms with Gasteiger partial charge in [0.25, 0.3) is 0 Å². The van der Waals surface area contributed by atoms with E-state index in [4.69, 9.17) is 0 Å². The van der Waals surface area contributed by atoms with Crippen molar-refractivity contribution < 1.29 is 9.59 Å². The molecule has 1 amide bonds. The SMILES string of the molecule is O=C(c1ccccc1)c1cn(CC(=O)N2CCc3ccccc32)c2ccccc12. The molecule has 0 spiro atoms. The monoisotopic (exact) mass is 380 g/mol. The number of rotatable bonds is 4. The van der Waals surface area contributed by atoms with Crippen molar-refractivity contribution >= 4 is 28.3 Å². The number of ketones is 1. The summed E-state index contributed by atoms with van der Waals surface area (Å²) in [6.07, 6.45) is 2.70. The minimum Gasteiger partial charge on any atom is -0.337 e.